The minimum Gasteiger partial charge on any atom is -0.381 e. The summed E-state index contributed by atoms with van der Waals surface area (Å²) in [6.07, 6.45) is 4.03. The molecule has 3 fully saturated rings. The van der Waals surface area contributed by atoms with E-state index in [1.807, 2.05) is 11.9 Å². The van der Waals surface area contributed by atoms with E-state index in [0.717, 1.165) is 64.7 Å². The molecule has 154 valence electrons. The van der Waals surface area contributed by atoms with E-state index in [2.05, 4.69) is 39.5 Å². The fourth-order valence-corrected chi connectivity index (χ4v) is 4.53. The van der Waals surface area contributed by atoms with Crippen molar-refractivity contribution in [3.8, 4) is 0 Å². The molecule has 0 aromatic heterocycles. The number of rotatable bonds is 4. The highest BCUT2D eigenvalue weighted by Gasteiger charge is 2.42. The number of hydrogen-bond donors (Lipinski definition) is 1. The number of carbonyl (C=O) groups is 1. The number of carbonyl (C=O) groups excluding carboxylic acids is 1. The van der Waals surface area contributed by atoms with E-state index >= 15 is 0 Å². The average molecular weight is 498 g/mol. The monoisotopic (exact) mass is 498 g/mol. The molecule has 6 nitrogen and oxygen atoms in total. The van der Waals surface area contributed by atoms with Crippen LogP contribution in [0.25, 0.3) is 0 Å². The number of aliphatic imine (C=N–C) groups is 1. The van der Waals surface area contributed by atoms with Crippen LogP contribution in [-0.2, 0) is 22.6 Å². The molecule has 0 saturated carbocycles. The lowest BCUT2D eigenvalue weighted by Crippen LogP contribution is -2.41. The van der Waals surface area contributed by atoms with Crippen LogP contribution in [0.15, 0.2) is 29.3 Å². The summed E-state index contributed by atoms with van der Waals surface area (Å²) in [6.45, 7) is 6.20. The molecule has 28 heavy (non-hydrogen) atoms. The van der Waals surface area contributed by atoms with Crippen molar-refractivity contribution in [3.05, 3.63) is 35.4 Å². The smallest absolute Gasteiger partial charge is 0.222 e. The third-order valence-corrected chi connectivity index (χ3v) is 6.12. The van der Waals surface area contributed by atoms with Gasteiger partial charge in [-0.05, 0) is 30.4 Å². The summed E-state index contributed by atoms with van der Waals surface area (Å²) in [5.74, 6) is 1.25. The fraction of sp³-hybridized carbons (Fsp3) is 0.619. The number of halogens is 1. The molecular formula is C21H31IN4O2. The molecule has 0 aliphatic carbocycles. The predicted molar refractivity (Wildman–Crippen MR) is 121 cm³/mol. The molecule has 4 rings (SSSR count). The second kappa shape index (κ2) is 9.43. The summed E-state index contributed by atoms with van der Waals surface area (Å²) in [4.78, 5) is 20.7. The maximum absolute atomic E-state index is 11.9. The van der Waals surface area contributed by atoms with Crippen molar-refractivity contribution in [1.29, 1.82) is 0 Å². The molecule has 1 amide bonds. The van der Waals surface area contributed by atoms with Crippen molar-refractivity contribution >= 4 is 35.8 Å². The molecule has 3 heterocycles. The number of guanidine groups is 1. The standard InChI is InChI=1S/C21H30N4O2.HI/c1-22-20(25-10-7-21(15-25)8-11-27-16-21)23-13-17-4-2-5-18(12-17)14-24-9-3-6-19(24)26;/h2,4-5,12H,3,6-11,13-16H2,1H3,(H,22,23);1H. The average Bonchev–Trinajstić information content (AvgIpc) is 3.41. The molecular weight excluding hydrogens is 467 g/mol. The van der Waals surface area contributed by atoms with E-state index in [1.165, 1.54) is 17.5 Å². The largest absolute Gasteiger partial charge is 0.381 e. The summed E-state index contributed by atoms with van der Waals surface area (Å²) in [5, 5.41) is 3.52. The van der Waals surface area contributed by atoms with Gasteiger partial charge in [0.25, 0.3) is 0 Å². The summed E-state index contributed by atoms with van der Waals surface area (Å²) < 4.78 is 5.63. The van der Waals surface area contributed by atoms with Crippen LogP contribution < -0.4 is 5.32 Å². The van der Waals surface area contributed by atoms with Gasteiger partial charge in [0.15, 0.2) is 5.96 Å². The van der Waals surface area contributed by atoms with Crippen molar-refractivity contribution in [3.63, 3.8) is 0 Å². The van der Waals surface area contributed by atoms with Gasteiger partial charge >= 0.3 is 0 Å². The van der Waals surface area contributed by atoms with Gasteiger partial charge in [0, 0.05) is 58.2 Å². The molecule has 3 aliphatic rings. The summed E-state index contributed by atoms with van der Waals surface area (Å²) in [6, 6.07) is 8.51. The minimum absolute atomic E-state index is 0. The second-order valence-electron chi connectivity index (χ2n) is 8.11. The Bertz CT molecular complexity index is 718. The van der Waals surface area contributed by atoms with Gasteiger partial charge in [0.1, 0.15) is 0 Å². The quantitative estimate of drug-likeness (QED) is 0.394. The van der Waals surface area contributed by atoms with Crippen LogP contribution >= 0.6 is 24.0 Å². The Morgan fingerprint density at radius 1 is 1.29 bits per heavy atom. The molecule has 7 heteroatoms. The number of hydrogen-bond acceptors (Lipinski definition) is 3. The number of ether oxygens (including phenoxy) is 1. The highest BCUT2D eigenvalue weighted by Crippen LogP contribution is 2.38. The molecule has 1 N–H and O–H groups in total. The van der Waals surface area contributed by atoms with Gasteiger partial charge in [0.2, 0.25) is 5.91 Å². The normalized spacial score (nSPS) is 24.9. The number of likely N-dealkylation sites (tertiary alicyclic amines) is 2. The van der Waals surface area contributed by atoms with Crippen LogP contribution in [0, 0.1) is 5.41 Å². The molecule has 1 spiro atoms. The first-order valence-electron chi connectivity index (χ1n) is 10.1. The third kappa shape index (κ3) is 4.79. The zero-order chi connectivity index (χ0) is 18.7. The predicted octanol–water partition coefficient (Wildman–Crippen LogP) is 2.61. The van der Waals surface area contributed by atoms with Crippen LogP contribution in [0.1, 0.15) is 36.8 Å². The van der Waals surface area contributed by atoms with Crippen LogP contribution in [-0.4, -0.2) is 61.6 Å². The molecule has 3 aliphatic heterocycles. The van der Waals surface area contributed by atoms with Crippen molar-refractivity contribution in [2.75, 3.05) is 39.9 Å². The van der Waals surface area contributed by atoms with E-state index in [1.54, 1.807) is 0 Å². The number of benzene rings is 1. The molecule has 1 atom stereocenters. The molecule has 1 aromatic carbocycles. The van der Waals surface area contributed by atoms with Gasteiger partial charge in [-0.2, -0.15) is 0 Å². The first kappa shape index (κ1) is 21.4. The Labute approximate surface area is 184 Å². The summed E-state index contributed by atoms with van der Waals surface area (Å²) in [5.41, 5.74) is 2.75. The van der Waals surface area contributed by atoms with E-state index in [0.29, 0.717) is 11.8 Å². The lowest BCUT2D eigenvalue weighted by Gasteiger charge is -2.25. The Kier molecular flexibility index (Phi) is 7.20. The maximum Gasteiger partial charge on any atom is 0.222 e. The van der Waals surface area contributed by atoms with Gasteiger partial charge < -0.3 is 19.9 Å². The molecule has 3 saturated heterocycles. The van der Waals surface area contributed by atoms with Crippen molar-refractivity contribution in [1.82, 2.24) is 15.1 Å². The zero-order valence-corrected chi connectivity index (χ0v) is 19.0. The number of amides is 1. The first-order chi connectivity index (χ1) is 13.2. The van der Waals surface area contributed by atoms with Crippen LogP contribution in [0.5, 0.6) is 0 Å². The second-order valence-corrected chi connectivity index (χ2v) is 8.11. The van der Waals surface area contributed by atoms with Crippen molar-refractivity contribution < 1.29 is 9.53 Å². The van der Waals surface area contributed by atoms with Gasteiger partial charge in [-0.1, -0.05) is 24.3 Å². The summed E-state index contributed by atoms with van der Waals surface area (Å²) in [7, 11) is 1.86. The number of nitrogens with one attached hydrogen (secondary N) is 1. The third-order valence-electron chi connectivity index (χ3n) is 6.12. The maximum atomic E-state index is 11.9. The Morgan fingerprint density at radius 3 is 2.86 bits per heavy atom. The van der Waals surface area contributed by atoms with E-state index in [9.17, 15) is 4.79 Å². The van der Waals surface area contributed by atoms with Gasteiger partial charge in [-0.3, -0.25) is 9.79 Å². The lowest BCUT2D eigenvalue weighted by molar-refractivity contribution is -0.128. The minimum atomic E-state index is 0. The van der Waals surface area contributed by atoms with E-state index in [-0.39, 0.29) is 29.9 Å². The van der Waals surface area contributed by atoms with Crippen LogP contribution in [0.4, 0.5) is 0 Å². The molecule has 0 radical (unpaired) electrons. The SMILES string of the molecule is CN=C(NCc1cccc(CN2CCCC2=O)c1)N1CCC2(CCOC2)C1.I. The zero-order valence-electron chi connectivity index (χ0n) is 16.7. The van der Waals surface area contributed by atoms with E-state index in [4.69, 9.17) is 4.74 Å². The van der Waals surface area contributed by atoms with E-state index < -0.39 is 0 Å². The van der Waals surface area contributed by atoms with Crippen molar-refractivity contribution in [2.45, 2.75) is 38.8 Å². The molecule has 1 unspecified atom stereocenters. The van der Waals surface area contributed by atoms with Crippen molar-refractivity contribution in [2.24, 2.45) is 10.4 Å². The highest BCUT2D eigenvalue weighted by atomic mass is 127. The number of nitrogens with zero attached hydrogens (tertiary/aromatic N) is 3. The Hall–Kier alpha value is -1.35. The molecule has 0 bridgehead atoms. The summed E-state index contributed by atoms with van der Waals surface area (Å²) >= 11 is 0. The highest BCUT2D eigenvalue weighted by molar-refractivity contribution is 14.0. The van der Waals surface area contributed by atoms with Crippen LogP contribution in [0.2, 0.25) is 0 Å². The van der Waals surface area contributed by atoms with Gasteiger partial charge in [-0.15, -0.1) is 24.0 Å². The lowest BCUT2D eigenvalue weighted by atomic mass is 9.87. The van der Waals surface area contributed by atoms with Crippen LogP contribution in [0.3, 0.4) is 0 Å². The first-order valence-corrected chi connectivity index (χ1v) is 10.1. The fourth-order valence-electron chi connectivity index (χ4n) is 4.53. The topological polar surface area (TPSA) is 57.2 Å². The molecule has 1 aromatic rings. The Balaban J connectivity index is 0.00000225. The van der Waals surface area contributed by atoms with Gasteiger partial charge in [0.05, 0.1) is 6.61 Å². The van der Waals surface area contributed by atoms with Gasteiger partial charge in [-0.25, -0.2) is 0 Å². The Morgan fingerprint density at radius 2 is 2.14 bits per heavy atom.